The Balaban J connectivity index is 1.59. The summed E-state index contributed by atoms with van der Waals surface area (Å²) in [6.07, 6.45) is 1.67. The Kier molecular flexibility index (Phi) is 7.03. The van der Waals surface area contributed by atoms with Gasteiger partial charge in [-0.15, -0.1) is 0 Å². The highest BCUT2D eigenvalue weighted by atomic mass is 16.5. The van der Waals surface area contributed by atoms with E-state index in [4.69, 9.17) is 24.7 Å². The van der Waals surface area contributed by atoms with Gasteiger partial charge >= 0.3 is 5.97 Å². The lowest BCUT2D eigenvalue weighted by atomic mass is 9.83. The average molecular weight is 469 g/mol. The summed E-state index contributed by atoms with van der Waals surface area (Å²) in [6.45, 7) is 6.47. The summed E-state index contributed by atoms with van der Waals surface area (Å²) in [5, 5.41) is 9.76. The third-order valence-corrected chi connectivity index (χ3v) is 5.38. The number of carbonyl (C=O) groups excluding carboxylic acids is 1. The molecule has 0 aliphatic carbocycles. The highest BCUT2D eigenvalue weighted by molar-refractivity contribution is 5.91. The zero-order valence-corrected chi connectivity index (χ0v) is 19.2. The van der Waals surface area contributed by atoms with Crippen molar-refractivity contribution in [1.29, 1.82) is 5.26 Å². The summed E-state index contributed by atoms with van der Waals surface area (Å²) in [5.74, 6) is 1.12. The number of allylic oxidation sites excluding steroid dienone is 1. The van der Waals surface area contributed by atoms with Crippen molar-refractivity contribution < 1.29 is 23.7 Å². The van der Waals surface area contributed by atoms with Gasteiger partial charge in [0.1, 0.15) is 41.2 Å². The van der Waals surface area contributed by atoms with Crippen LogP contribution in [0.5, 0.6) is 23.0 Å². The van der Waals surface area contributed by atoms with Crippen LogP contribution in [-0.4, -0.2) is 19.2 Å². The molecule has 0 bridgehead atoms. The largest absolute Gasteiger partial charge is 0.494 e. The van der Waals surface area contributed by atoms with Gasteiger partial charge in [0, 0.05) is 11.6 Å². The molecule has 3 aromatic rings. The molecule has 3 aromatic carbocycles. The van der Waals surface area contributed by atoms with Crippen LogP contribution in [0, 0.1) is 11.3 Å². The van der Waals surface area contributed by atoms with Crippen molar-refractivity contribution in [3.63, 3.8) is 0 Å². The third kappa shape index (κ3) is 5.12. The molecule has 1 atom stereocenters. The molecular formula is C28H24N2O5. The minimum absolute atomic E-state index is 0.00646. The maximum atomic E-state index is 12.6. The molecule has 0 fully saturated rings. The van der Waals surface area contributed by atoms with E-state index in [-0.39, 0.29) is 5.88 Å². The predicted octanol–water partition coefficient (Wildman–Crippen LogP) is 5.09. The van der Waals surface area contributed by atoms with Gasteiger partial charge < -0.3 is 24.7 Å². The first-order valence-electron chi connectivity index (χ1n) is 11.0. The van der Waals surface area contributed by atoms with Gasteiger partial charge in [-0.1, -0.05) is 30.9 Å². The molecule has 0 spiro atoms. The van der Waals surface area contributed by atoms with Gasteiger partial charge in [-0.3, -0.25) is 0 Å². The molecule has 35 heavy (non-hydrogen) atoms. The van der Waals surface area contributed by atoms with E-state index < -0.39 is 11.9 Å². The number of nitrogens with two attached hydrogens (primary N) is 1. The van der Waals surface area contributed by atoms with E-state index in [2.05, 4.69) is 12.6 Å². The molecule has 0 saturated carbocycles. The lowest BCUT2D eigenvalue weighted by Gasteiger charge is -2.26. The first kappa shape index (κ1) is 23.5. The summed E-state index contributed by atoms with van der Waals surface area (Å²) >= 11 is 0. The van der Waals surface area contributed by atoms with E-state index in [1.165, 1.54) is 0 Å². The van der Waals surface area contributed by atoms with Crippen molar-refractivity contribution in [2.75, 3.05) is 13.2 Å². The molecule has 1 unspecified atom stereocenters. The Morgan fingerprint density at radius 2 is 1.71 bits per heavy atom. The second kappa shape index (κ2) is 10.5. The first-order valence-corrected chi connectivity index (χ1v) is 11.0. The van der Waals surface area contributed by atoms with Gasteiger partial charge in [0.25, 0.3) is 0 Å². The molecule has 4 rings (SSSR count). The van der Waals surface area contributed by atoms with Gasteiger partial charge in [0.15, 0.2) is 0 Å². The van der Waals surface area contributed by atoms with Gasteiger partial charge in [-0.25, -0.2) is 4.79 Å². The summed E-state index contributed by atoms with van der Waals surface area (Å²) in [5.41, 5.74) is 8.35. The smallest absolute Gasteiger partial charge is 0.343 e. The quantitative estimate of drug-likeness (QED) is 0.279. The Morgan fingerprint density at radius 3 is 2.37 bits per heavy atom. The monoisotopic (exact) mass is 468 g/mol. The van der Waals surface area contributed by atoms with Crippen molar-refractivity contribution in [3.05, 3.63) is 108 Å². The molecule has 0 aromatic heterocycles. The molecule has 1 aliphatic rings. The number of nitrogens with zero attached hydrogens (tertiary/aromatic N) is 1. The van der Waals surface area contributed by atoms with E-state index in [0.29, 0.717) is 47.3 Å². The van der Waals surface area contributed by atoms with Crippen molar-refractivity contribution in [3.8, 4) is 29.1 Å². The molecule has 7 nitrogen and oxygen atoms in total. The Hall–Kier alpha value is -4.70. The van der Waals surface area contributed by atoms with Crippen molar-refractivity contribution in [1.82, 2.24) is 0 Å². The van der Waals surface area contributed by atoms with Crippen LogP contribution in [0.2, 0.25) is 0 Å². The second-order valence-electron chi connectivity index (χ2n) is 7.64. The van der Waals surface area contributed by atoms with Gasteiger partial charge in [0.2, 0.25) is 5.88 Å². The van der Waals surface area contributed by atoms with E-state index in [9.17, 15) is 10.1 Å². The number of esters is 1. The number of fused-ring (bicyclic) bond motifs is 1. The maximum absolute atomic E-state index is 12.6. The number of hydrogen-bond acceptors (Lipinski definition) is 7. The van der Waals surface area contributed by atoms with Gasteiger partial charge in [-0.05, 0) is 55.0 Å². The molecule has 1 heterocycles. The fraction of sp³-hybridized carbons (Fsp3) is 0.143. The highest BCUT2D eigenvalue weighted by Gasteiger charge is 2.31. The maximum Gasteiger partial charge on any atom is 0.343 e. The molecule has 7 heteroatoms. The van der Waals surface area contributed by atoms with Crippen molar-refractivity contribution >= 4 is 5.97 Å². The molecular weight excluding hydrogens is 444 g/mol. The Bertz CT molecular complexity index is 1300. The average Bonchev–Trinajstić information content (AvgIpc) is 2.87. The fourth-order valence-corrected chi connectivity index (χ4v) is 3.77. The topological polar surface area (TPSA) is 104 Å². The molecule has 0 amide bonds. The summed E-state index contributed by atoms with van der Waals surface area (Å²) in [6, 6.07) is 21.3. The normalized spacial score (nSPS) is 14.2. The number of hydrogen-bond donors (Lipinski definition) is 1. The number of rotatable bonds is 8. The van der Waals surface area contributed by atoms with Crippen LogP contribution >= 0.6 is 0 Å². The summed E-state index contributed by atoms with van der Waals surface area (Å²) in [4.78, 5) is 12.6. The van der Waals surface area contributed by atoms with Crippen LogP contribution in [-0.2, 0) is 0 Å². The lowest BCUT2D eigenvalue weighted by Crippen LogP contribution is -2.21. The van der Waals surface area contributed by atoms with Crippen LogP contribution in [0.4, 0.5) is 0 Å². The van der Waals surface area contributed by atoms with Crippen LogP contribution in [0.15, 0.2) is 90.8 Å². The van der Waals surface area contributed by atoms with Gasteiger partial charge in [-0.2, -0.15) is 5.26 Å². The minimum Gasteiger partial charge on any atom is -0.494 e. The van der Waals surface area contributed by atoms with Crippen LogP contribution in [0.3, 0.4) is 0 Å². The Morgan fingerprint density at radius 1 is 1.06 bits per heavy atom. The molecule has 2 N–H and O–H groups in total. The van der Waals surface area contributed by atoms with E-state index >= 15 is 0 Å². The standard InChI is InChI=1S/C28H24N2O5/c1-3-15-33-21-9-5-18(6-10-21)26-23-14-13-22(16-25(23)35-27(30)24(26)17-29)34-28(31)19-7-11-20(12-8-19)32-4-2/h3,5-14,16,26H,1,4,15,30H2,2H3. The first-order chi connectivity index (χ1) is 17.0. The molecule has 176 valence electrons. The number of carbonyl (C=O) groups is 1. The molecule has 0 saturated heterocycles. The zero-order valence-electron chi connectivity index (χ0n) is 19.2. The summed E-state index contributed by atoms with van der Waals surface area (Å²) < 4.78 is 22.2. The summed E-state index contributed by atoms with van der Waals surface area (Å²) in [7, 11) is 0. The Labute approximate surface area is 203 Å². The lowest BCUT2D eigenvalue weighted by molar-refractivity contribution is 0.0734. The van der Waals surface area contributed by atoms with Crippen molar-refractivity contribution in [2.45, 2.75) is 12.8 Å². The molecule has 0 radical (unpaired) electrons. The van der Waals surface area contributed by atoms with Crippen molar-refractivity contribution in [2.24, 2.45) is 5.73 Å². The van der Waals surface area contributed by atoms with Crippen LogP contribution in [0.25, 0.3) is 0 Å². The molecule has 1 aliphatic heterocycles. The van der Waals surface area contributed by atoms with E-state index in [1.807, 2.05) is 31.2 Å². The zero-order chi connectivity index (χ0) is 24.8. The number of benzene rings is 3. The van der Waals surface area contributed by atoms with E-state index in [0.717, 1.165) is 11.1 Å². The van der Waals surface area contributed by atoms with Crippen LogP contribution in [0.1, 0.15) is 34.3 Å². The highest BCUT2D eigenvalue weighted by Crippen LogP contribution is 2.43. The predicted molar refractivity (Wildman–Crippen MR) is 130 cm³/mol. The number of ether oxygens (including phenoxy) is 4. The third-order valence-electron chi connectivity index (χ3n) is 5.38. The SMILES string of the molecule is C=CCOc1ccc(C2C(C#N)=C(N)Oc3cc(OC(=O)c4ccc(OCC)cc4)ccc32)cc1. The number of nitriles is 1. The second-order valence-corrected chi connectivity index (χ2v) is 7.64. The van der Waals surface area contributed by atoms with E-state index in [1.54, 1.807) is 48.5 Å². The van der Waals surface area contributed by atoms with Gasteiger partial charge in [0.05, 0.1) is 18.1 Å². The van der Waals surface area contributed by atoms with Crippen LogP contribution < -0.4 is 24.7 Å². The minimum atomic E-state index is -0.517. The fourth-order valence-electron chi connectivity index (χ4n) is 3.77.